The van der Waals surface area contributed by atoms with E-state index in [1.54, 1.807) is 17.4 Å². The van der Waals surface area contributed by atoms with Crippen LogP contribution in [-0.2, 0) is 22.4 Å². The number of thiophene rings is 1. The summed E-state index contributed by atoms with van der Waals surface area (Å²) in [4.78, 5) is 11.9. The van der Waals surface area contributed by atoms with Gasteiger partial charge in [0.25, 0.3) is 0 Å². The molecule has 0 saturated heterocycles. The van der Waals surface area contributed by atoms with Gasteiger partial charge in [0.1, 0.15) is 29.6 Å². The zero-order valence-corrected chi connectivity index (χ0v) is 25.0. The molecule has 10 heteroatoms. The highest BCUT2D eigenvalue weighted by Crippen LogP contribution is 2.39. The first kappa shape index (κ1) is 29.5. The Balaban J connectivity index is 1.05. The summed E-state index contributed by atoms with van der Waals surface area (Å²) in [6.45, 7) is 3.49. The van der Waals surface area contributed by atoms with Crippen molar-refractivity contribution in [1.82, 2.24) is 20.8 Å². The fraction of sp³-hybridized carbons (Fsp3) is 0.424. The van der Waals surface area contributed by atoms with Crippen LogP contribution in [0, 0.1) is 11.7 Å². The Bertz CT molecular complexity index is 1560. The largest absolute Gasteiger partial charge is 0.490 e. The average molecular weight is 605 g/mol. The summed E-state index contributed by atoms with van der Waals surface area (Å²) in [7, 11) is 0. The van der Waals surface area contributed by atoms with Gasteiger partial charge in [0.2, 0.25) is 0 Å². The number of halogens is 1. The van der Waals surface area contributed by atoms with Crippen LogP contribution >= 0.6 is 11.3 Å². The third kappa shape index (κ3) is 7.31. The maximum Gasteiger partial charge on any atom is 0.407 e. The van der Waals surface area contributed by atoms with Crippen LogP contribution in [0.4, 0.5) is 9.18 Å². The topological polar surface area (TPSA) is 94.6 Å². The van der Waals surface area contributed by atoms with Crippen molar-refractivity contribution in [3.8, 4) is 28.3 Å². The lowest BCUT2D eigenvalue weighted by Crippen LogP contribution is -2.30. The zero-order chi connectivity index (χ0) is 29.4. The number of amides is 1. The number of carbonyl (C=O) groups excluding carboxylic acids is 1. The molecule has 226 valence electrons. The van der Waals surface area contributed by atoms with Crippen LogP contribution in [0.3, 0.4) is 0 Å². The first-order chi connectivity index (χ1) is 21.2. The van der Waals surface area contributed by atoms with Gasteiger partial charge in [-0.1, -0.05) is 31.4 Å². The summed E-state index contributed by atoms with van der Waals surface area (Å²) in [5.41, 5.74) is 5.87. The van der Waals surface area contributed by atoms with Gasteiger partial charge in [-0.05, 0) is 72.5 Å². The summed E-state index contributed by atoms with van der Waals surface area (Å²) in [5.74, 6) is 0.463. The molecule has 0 unspecified atom stereocenters. The molecule has 1 fully saturated rings. The zero-order valence-electron chi connectivity index (χ0n) is 24.2. The van der Waals surface area contributed by atoms with Crippen LogP contribution in [0.25, 0.3) is 32.6 Å². The van der Waals surface area contributed by atoms with Crippen molar-refractivity contribution >= 4 is 27.5 Å². The summed E-state index contributed by atoms with van der Waals surface area (Å²) >= 11 is 1.58. The SMILES string of the molecule is O=C(NCCOCCOc1cc(F)ccc1-c1nnc(-c2ccc3c(c2)CCNC3)c2ccsc12)OCC1CCCCC1. The lowest BCUT2D eigenvalue weighted by molar-refractivity contribution is 0.0925. The molecule has 0 radical (unpaired) electrons. The van der Waals surface area contributed by atoms with Crippen LogP contribution in [0.2, 0.25) is 0 Å². The number of alkyl carbamates (subject to hydrolysis) is 1. The smallest absolute Gasteiger partial charge is 0.407 e. The fourth-order valence-corrected chi connectivity index (χ4v) is 6.73. The van der Waals surface area contributed by atoms with Crippen LogP contribution in [-0.4, -0.2) is 55.8 Å². The number of ether oxygens (including phenoxy) is 3. The monoisotopic (exact) mass is 604 g/mol. The van der Waals surface area contributed by atoms with E-state index in [9.17, 15) is 9.18 Å². The molecule has 8 nitrogen and oxygen atoms in total. The first-order valence-electron chi connectivity index (χ1n) is 15.1. The van der Waals surface area contributed by atoms with Crippen molar-refractivity contribution in [3.05, 3.63) is 64.8 Å². The Hall–Kier alpha value is -3.60. The number of benzene rings is 2. The summed E-state index contributed by atoms with van der Waals surface area (Å²) in [5, 5.41) is 18.4. The van der Waals surface area contributed by atoms with Crippen molar-refractivity contribution in [2.75, 3.05) is 39.5 Å². The highest BCUT2D eigenvalue weighted by molar-refractivity contribution is 7.17. The van der Waals surface area contributed by atoms with Gasteiger partial charge >= 0.3 is 6.09 Å². The number of hydrogen-bond acceptors (Lipinski definition) is 8. The molecular weight excluding hydrogens is 567 g/mol. The van der Waals surface area contributed by atoms with Crippen LogP contribution in [0.15, 0.2) is 47.8 Å². The molecule has 1 aliphatic carbocycles. The molecule has 4 aromatic rings. The quantitative estimate of drug-likeness (QED) is 0.189. The van der Waals surface area contributed by atoms with Gasteiger partial charge in [0, 0.05) is 35.7 Å². The van der Waals surface area contributed by atoms with Crippen LogP contribution in [0.5, 0.6) is 5.75 Å². The van der Waals surface area contributed by atoms with Gasteiger partial charge in [-0.3, -0.25) is 0 Å². The van der Waals surface area contributed by atoms with E-state index in [0.717, 1.165) is 53.7 Å². The molecule has 3 heterocycles. The molecular formula is C33H37FN4O4S. The Morgan fingerprint density at radius 1 is 1.00 bits per heavy atom. The lowest BCUT2D eigenvalue weighted by Gasteiger charge is -2.21. The second kappa shape index (κ2) is 14.2. The minimum absolute atomic E-state index is 0.214. The maximum atomic E-state index is 14.3. The molecule has 1 aliphatic heterocycles. The number of rotatable bonds is 11. The van der Waals surface area contributed by atoms with Crippen molar-refractivity contribution in [2.24, 2.45) is 5.92 Å². The minimum atomic E-state index is -0.411. The van der Waals surface area contributed by atoms with Gasteiger partial charge in [-0.2, -0.15) is 0 Å². The molecule has 2 aromatic carbocycles. The highest BCUT2D eigenvalue weighted by Gasteiger charge is 2.19. The van der Waals surface area contributed by atoms with Gasteiger partial charge in [0.15, 0.2) is 0 Å². The van der Waals surface area contributed by atoms with Crippen LogP contribution < -0.4 is 15.4 Å². The predicted octanol–water partition coefficient (Wildman–Crippen LogP) is 6.51. The second-order valence-corrected chi connectivity index (χ2v) is 12.0. The summed E-state index contributed by atoms with van der Waals surface area (Å²) in [6.07, 6.45) is 6.55. The van der Waals surface area contributed by atoms with E-state index in [4.69, 9.17) is 14.2 Å². The predicted molar refractivity (Wildman–Crippen MR) is 166 cm³/mol. The number of hydrogen-bond donors (Lipinski definition) is 2. The van der Waals surface area contributed by atoms with Crippen molar-refractivity contribution < 1.29 is 23.4 Å². The molecule has 1 amide bonds. The number of carbonyl (C=O) groups is 1. The first-order valence-corrected chi connectivity index (χ1v) is 16.0. The van der Waals surface area contributed by atoms with Crippen molar-refractivity contribution in [3.63, 3.8) is 0 Å². The maximum absolute atomic E-state index is 14.3. The van der Waals surface area contributed by atoms with E-state index in [1.807, 2.05) is 5.38 Å². The van der Waals surface area contributed by atoms with E-state index in [2.05, 4.69) is 45.1 Å². The van der Waals surface area contributed by atoms with Gasteiger partial charge < -0.3 is 24.8 Å². The third-order valence-electron chi connectivity index (χ3n) is 8.13. The summed E-state index contributed by atoms with van der Waals surface area (Å²) < 4.78 is 32.2. The van der Waals surface area contributed by atoms with E-state index >= 15 is 0 Å². The van der Waals surface area contributed by atoms with E-state index in [-0.39, 0.29) is 13.2 Å². The Morgan fingerprint density at radius 3 is 2.79 bits per heavy atom. The standard InChI is InChI=1S/C33H37FN4O4S/c34-26-8-9-27(29(19-26)41-16-15-40-14-13-36-33(39)42-21-22-4-2-1-3-5-22)31-32-28(11-17-43-32)30(37-38-31)24-6-7-25-20-35-12-10-23(25)18-24/h6-9,11,17-19,22,35H,1-5,10,12-16,20-21H2,(H,36,39). The second-order valence-electron chi connectivity index (χ2n) is 11.1. The highest BCUT2D eigenvalue weighted by atomic mass is 32.1. The van der Waals surface area contributed by atoms with E-state index in [0.29, 0.717) is 42.7 Å². The Morgan fingerprint density at radius 2 is 1.88 bits per heavy atom. The molecule has 0 bridgehead atoms. The van der Waals surface area contributed by atoms with Crippen molar-refractivity contribution in [1.29, 1.82) is 0 Å². The van der Waals surface area contributed by atoms with Crippen LogP contribution in [0.1, 0.15) is 43.2 Å². The number of aromatic nitrogens is 2. The molecule has 43 heavy (non-hydrogen) atoms. The molecule has 2 aromatic heterocycles. The Kier molecular flexibility index (Phi) is 9.76. The number of nitrogens with zero attached hydrogens (tertiary/aromatic N) is 2. The minimum Gasteiger partial charge on any atom is -0.490 e. The van der Waals surface area contributed by atoms with E-state index < -0.39 is 11.9 Å². The number of nitrogens with one attached hydrogen (secondary N) is 2. The lowest BCUT2D eigenvalue weighted by atomic mass is 9.90. The average Bonchev–Trinajstić information content (AvgIpc) is 3.54. The Labute approximate surface area is 255 Å². The molecule has 0 atom stereocenters. The molecule has 1 saturated carbocycles. The van der Waals surface area contributed by atoms with Gasteiger partial charge in [-0.25, -0.2) is 9.18 Å². The number of fused-ring (bicyclic) bond motifs is 2. The fourth-order valence-electron chi connectivity index (χ4n) is 5.84. The van der Waals surface area contributed by atoms with Gasteiger partial charge in [-0.15, -0.1) is 21.5 Å². The molecule has 6 rings (SSSR count). The molecule has 2 aliphatic rings. The normalized spacial score (nSPS) is 15.3. The summed E-state index contributed by atoms with van der Waals surface area (Å²) in [6, 6.07) is 13.0. The van der Waals surface area contributed by atoms with Gasteiger partial charge in [0.05, 0.1) is 24.5 Å². The van der Waals surface area contributed by atoms with E-state index in [1.165, 1.54) is 42.5 Å². The van der Waals surface area contributed by atoms with Crippen molar-refractivity contribution in [2.45, 2.75) is 45.1 Å². The molecule has 0 spiro atoms. The molecule has 2 N–H and O–H groups in total. The third-order valence-corrected chi connectivity index (χ3v) is 9.05.